The fourth-order valence-electron chi connectivity index (χ4n) is 5.43. The van der Waals surface area contributed by atoms with Crippen molar-refractivity contribution in [3.05, 3.63) is 18.2 Å². The van der Waals surface area contributed by atoms with E-state index >= 15 is 0 Å². The lowest BCUT2D eigenvalue weighted by atomic mass is 10.0. The van der Waals surface area contributed by atoms with Gasteiger partial charge in [0.15, 0.2) is 5.96 Å². The Morgan fingerprint density at radius 3 is 1.82 bits per heavy atom. The molecule has 0 radical (unpaired) electrons. The van der Waals surface area contributed by atoms with E-state index in [4.69, 9.17) is 22.9 Å². The number of thioether (sulfide) groups is 1. The molecule has 0 bridgehead atoms. The molecule has 0 aromatic carbocycles. The number of carbonyl (C=O) groups is 8. The number of aromatic nitrogens is 2. The summed E-state index contributed by atoms with van der Waals surface area (Å²) >= 11 is 1.36. The molecule has 0 aliphatic rings. The van der Waals surface area contributed by atoms with E-state index in [1.807, 2.05) is 0 Å². The first-order valence-corrected chi connectivity index (χ1v) is 20.4. The van der Waals surface area contributed by atoms with E-state index in [0.29, 0.717) is 11.4 Å². The van der Waals surface area contributed by atoms with Gasteiger partial charge in [-0.3, -0.25) is 38.6 Å². The summed E-state index contributed by atoms with van der Waals surface area (Å²) in [4.78, 5) is 115. The highest BCUT2D eigenvalue weighted by Gasteiger charge is 2.36. The van der Waals surface area contributed by atoms with Crippen molar-refractivity contribution in [2.75, 3.05) is 18.6 Å². The van der Waals surface area contributed by atoms with Crippen LogP contribution in [-0.4, -0.2) is 152 Å². The molecule has 0 saturated heterocycles. The van der Waals surface area contributed by atoms with Gasteiger partial charge in [0.2, 0.25) is 41.4 Å². The number of aromatic amines is 1. The van der Waals surface area contributed by atoms with Crippen molar-refractivity contribution in [2.24, 2.45) is 33.8 Å². The third kappa shape index (κ3) is 19.5. The summed E-state index contributed by atoms with van der Waals surface area (Å²) in [6.45, 7) is 6.04. The first-order valence-electron chi connectivity index (χ1n) is 19.0. The van der Waals surface area contributed by atoms with Crippen molar-refractivity contribution in [1.29, 1.82) is 0 Å². The van der Waals surface area contributed by atoms with E-state index in [0.717, 1.165) is 0 Å². The third-order valence-corrected chi connectivity index (χ3v) is 9.32. The van der Waals surface area contributed by atoms with E-state index in [2.05, 4.69) is 46.9 Å². The first kappa shape index (κ1) is 52.5. The van der Waals surface area contributed by atoms with E-state index in [1.165, 1.54) is 38.1 Å². The maximum atomic E-state index is 13.8. The number of guanidine groups is 1. The van der Waals surface area contributed by atoms with Crippen molar-refractivity contribution in [3.63, 3.8) is 0 Å². The highest BCUT2D eigenvalue weighted by Crippen LogP contribution is 2.10. The summed E-state index contributed by atoms with van der Waals surface area (Å²) in [7, 11) is 0. The van der Waals surface area contributed by atoms with Crippen molar-refractivity contribution in [1.82, 2.24) is 41.9 Å². The molecule has 0 saturated carbocycles. The van der Waals surface area contributed by atoms with Crippen LogP contribution in [0.2, 0.25) is 0 Å². The molecule has 25 heteroatoms. The number of aliphatic carboxylic acids is 1. The number of carbonyl (C=O) groups excluding carboxylic acids is 7. The van der Waals surface area contributed by atoms with Crippen molar-refractivity contribution >= 4 is 65.0 Å². The number of aliphatic hydroxyl groups is 2. The number of amides is 7. The van der Waals surface area contributed by atoms with Crippen LogP contribution < -0.4 is 54.8 Å². The van der Waals surface area contributed by atoms with E-state index < -0.39 is 108 Å². The van der Waals surface area contributed by atoms with Crippen molar-refractivity contribution in [2.45, 2.75) is 121 Å². The summed E-state index contributed by atoms with van der Waals surface area (Å²) in [6, 6.07) is -10.3. The number of carboxylic acids is 1. The van der Waals surface area contributed by atoms with Gasteiger partial charge in [0.05, 0.1) is 25.0 Å². The van der Waals surface area contributed by atoms with Gasteiger partial charge >= 0.3 is 5.97 Å². The Bertz CT molecular complexity index is 1620. The quantitative estimate of drug-likeness (QED) is 0.0213. The molecule has 60 heavy (non-hydrogen) atoms. The summed E-state index contributed by atoms with van der Waals surface area (Å²) in [6.07, 6.45) is 0.829. The Morgan fingerprint density at radius 2 is 1.30 bits per heavy atom. The summed E-state index contributed by atoms with van der Waals surface area (Å²) in [5.74, 6) is -8.09. The van der Waals surface area contributed by atoms with Gasteiger partial charge in [0, 0.05) is 24.9 Å². The molecule has 1 aromatic rings. The van der Waals surface area contributed by atoms with Gasteiger partial charge in [-0.15, -0.1) is 0 Å². The number of primary amides is 1. The van der Waals surface area contributed by atoms with Crippen molar-refractivity contribution in [3.8, 4) is 0 Å². The molecule has 7 amide bonds. The van der Waals surface area contributed by atoms with Crippen molar-refractivity contribution < 1.29 is 53.7 Å². The number of imidazole rings is 1. The second-order valence-electron chi connectivity index (χ2n) is 14.4. The van der Waals surface area contributed by atoms with Crippen LogP contribution in [0.1, 0.15) is 65.5 Å². The zero-order chi connectivity index (χ0) is 45.7. The second-order valence-corrected chi connectivity index (χ2v) is 15.4. The average Bonchev–Trinajstić information content (AvgIpc) is 3.67. The Balaban J connectivity index is 3.35. The number of hydrogen-bond donors (Lipinski definition) is 14. The number of nitrogens with one attached hydrogen (secondary N) is 7. The molecule has 1 heterocycles. The molecule has 9 atom stereocenters. The van der Waals surface area contributed by atoms with Gasteiger partial charge in [-0.05, 0) is 57.5 Å². The molecule has 0 fully saturated rings. The summed E-state index contributed by atoms with van der Waals surface area (Å²) in [5, 5.41) is 44.3. The number of rotatable bonds is 28. The minimum Gasteiger partial charge on any atom is -0.480 e. The molecule has 0 aliphatic carbocycles. The highest BCUT2D eigenvalue weighted by atomic mass is 32.2. The smallest absolute Gasteiger partial charge is 0.326 e. The van der Waals surface area contributed by atoms with Crippen LogP contribution in [0.25, 0.3) is 0 Å². The Kier molecular flexibility index (Phi) is 23.2. The van der Waals surface area contributed by atoms with Gasteiger partial charge in [-0.2, -0.15) is 11.8 Å². The average molecular weight is 872 g/mol. The number of carboxylic acid groups (broad SMARTS) is 1. The van der Waals surface area contributed by atoms with Gasteiger partial charge in [0.25, 0.3) is 0 Å². The number of H-pyrrole nitrogens is 1. The zero-order valence-corrected chi connectivity index (χ0v) is 35.1. The Hall–Kier alpha value is -5.53. The highest BCUT2D eigenvalue weighted by molar-refractivity contribution is 7.98. The standard InChI is InChI=1S/C35H61N13O11S/c1-16(2)11-22(29(53)43-20(8-10-60-5)28(52)44-21(34(58)59)7-6-9-41-35(38)39)45-31(55)24(13-25(36)51)46-30(54)23(12-19-14-40-15-42-19)47-33(57)27(18(4)50)48-32(56)26(37)17(3)49/h14-18,20-24,26-27,49-50H,6-13,37H2,1-5H3,(H2,36,51)(H,40,42)(H,43,53)(H,44,52)(H,45,55)(H,46,54)(H,47,57)(H,48,56)(H,58,59)(H4,38,39,41)/t17-,18-,20+,21+,22+,23+,24+,26+,27+/m1/s1. The Morgan fingerprint density at radius 1 is 0.750 bits per heavy atom. The molecule has 0 aliphatic heterocycles. The number of nitrogens with zero attached hydrogens (tertiary/aromatic N) is 2. The predicted molar refractivity (Wildman–Crippen MR) is 219 cm³/mol. The molecular weight excluding hydrogens is 811 g/mol. The number of hydrogen-bond acceptors (Lipinski definition) is 14. The molecule has 338 valence electrons. The van der Waals surface area contributed by atoms with Gasteiger partial charge in [-0.1, -0.05) is 13.8 Å². The maximum absolute atomic E-state index is 13.8. The van der Waals surface area contributed by atoms with E-state index in [9.17, 15) is 53.7 Å². The summed E-state index contributed by atoms with van der Waals surface area (Å²) in [5.41, 5.74) is 22.0. The molecular formula is C35H61N13O11S. The molecule has 18 N–H and O–H groups in total. The largest absolute Gasteiger partial charge is 0.480 e. The Labute approximate surface area is 351 Å². The number of aliphatic hydroxyl groups excluding tert-OH is 2. The second kappa shape index (κ2) is 26.5. The van der Waals surface area contributed by atoms with Gasteiger partial charge in [0.1, 0.15) is 42.3 Å². The topological polar surface area (TPSA) is 415 Å². The summed E-state index contributed by atoms with van der Waals surface area (Å²) < 4.78 is 0. The fourth-order valence-corrected chi connectivity index (χ4v) is 5.90. The molecule has 0 unspecified atom stereocenters. The lowest BCUT2D eigenvalue weighted by molar-refractivity contribution is -0.142. The molecule has 24 nitrogen and oxygen atoms in total. The zero-order valence-electron chi connectivity index (χ0n) is 34.3. The number of nitrogens with two attached hydrogens (primary N) is 4. The lowest BCUT2D eigenvalue weighted by Gasteiger charge is -2.28. The molecule has 1 rings (SSSR count). The van der Waals surface area contributed by atoms with Crippen LogP contribution in [-0.2, 0) is 44.8 Å². The van der Waals surface area contributed by atoms with Crippen LogP contribution in [0.5, 0.6) is 0 Å². The van der Waals surface area contributed by atoms with Gasteiger partial charge < -0.3 is 75.1 Å². The van der Waals surface area contributed by atoms with Crippen LogP contribution in [0, 0.1) is 5.92 Å². The first-order chi connectivity index (χ1) is 28.1. The lowest BCUT2D eigenvalue weighted by Crippen LogP contribution is -2.62. The SMILES string of the molecule is CSCC[C@H](NC(=O)[C@H](CC(C)C)NC(=O)[C@H](CC(N)=O)NC(=O)[C@H](Cc1cnc[nH]1)NC(=O)[C@@H](NC(=O)[C@@H](N)[C@@H](C)O)[C@@H](C)O)C(=O)N[C@@H](CCCN=C(N)N)C(=O)O. The van der Waals surface area contributed by atoms with Crippen LogP contribution >= 0.6 is 11.8 Å². The minimum absolute atomic E-state index is 0.0118. The van der Waals surface area contributed by atoms with E-state index in [1.54, 1.807) is 20.1 Å². The monoisotopic (exact) mass is 871 g/mol. The normalized spacial score (nSPS) is 15.6. The van der Waals surface area contributed by atoms with Crippen LogP contribution in [0.15, 0.2) is 17.5 Å². The molecule has 0 spiro atoms. The fraction of sp³-hybridized carbons (Fsp3) is 0.657. The molecule has 1 aromatic heterocycles. The predicted octanol–water partition coefficient (Wildman–Crippen LogP) is -5.24. The minimum atomic E-state index is -1.71. The van der Waals surface area contributed by atoms with Gasteiger partial charge in [-0.25, -0.2) is 9.78 Å². The van der Waals surface area contributed by atoms with Crippen LogP contribution in [0.3, 0.4) is 0 Å². The maximum Gasteiger partial charge on any atom is 0.326 e. The van der Waals surface area contributed by atoms with E-state index in [-0.39, 0.29) is 50.5 Å². The third-order valence-electron chi connectivity index (χ3n) is 8.68. The number of aliphatic imine (C=N–C) groups is 1. The van der Waals surface area contributed by atoms with Crippen LogP contribution in [0.4, 0.5) is 0 Å².